The molecule has 0 saturated carbocycles. The van der Waals surface area contributed by atoms with Crippen LogP contribution in [0.3, 0.4) is 0 Å². The molecule has 7 heteroatoms. The fourth-order valence-electron chi connectivity index (χ4n) is 2.75. The Morgan fingerprint density at radius 2 is 1.75 bits per heavy atom. The van der Waals surface area contributed by atoms with Gasteiger partial charge in [0.15, 0.2) is 11.5 Å². The summed E-state index contributed by atoms with van der Waals surface area (Å²) in [6, 6.07) is 6.51. The molecule has 152 valence electrons. The van der Waals surface area contributed by atoms with Gasteiger partial charge in [0.1, 0.15) is 11.5 Å². The molecule has 0 fully saturated rings. The summed E-state index contributed by atoms with van der Waals surface area (Å²) in [5, 5.41) is 0. The van der Waals surface area contributed by atoms with Gasteiger partial charge in [-0.3, -0.25) is 20.4 Å². The molecule has 0 bridgehead atoms. The quantitative estimate of drug-likeness (QED) is 0.502. The van der Waals surface area contributed by atoms with Crippen molar-refractivity contribution in [3.63, 3.8) is 0 Å². The van der Waals surface area contributed by atoms with Crippen LogP contribution in [0.1, 0.15) is 64.8 Å². The first-order valence-electron chi connectivity index (χ1n) is 9.44. The second kappa shape index (κ2) is 10.4. The normalized spacial score (nSPS) is 10.4. The van der Waals surface area contributed by atoms with Crippen molar-refractivity contribution in [3.05, 3.63) is 46.9 Å². The highest BCUT2D eigenvalue weighted by Crippen LogP contribution is 2.28. The molecule has 0 spiro atoms. The summed E-state index contributed by atoms with van der Waals surface area (Å²) in [6.45, 7) is 6.20. The third-order valence-corrected chi connectivity index (χ3v) is 4.26. The van der Waals surface area contributed by atoms with Crippen molar-refractivity contribution in [1.82, 2.24) is 10.9 Å². The number of methoxy groups -OCH3 is 1. The molecule has 7 nitrogen and oxygen atoms in total. The summed E-state index contributed by atoms with van der Waals surface area (Å²) < 4.78 is 16.4. The molecule has 0 aliphatic rings. The van der Waals surface area contributed by atoms with Crippen molar-refractivity contribution >= 4 is 11.8 Å². The third kappa shape index (κ3) is 5.77. The highest BCUT2D eigenvalue weighted by Gasteiger charge is 2.16. The van der Waals surface area contributed by atoms with Gasteiger partial charge in [-0.2, -0.15) is 0 Å². The smallest absolute Gasteiger partial charge is 0.273 e. The molecule has 0 unspecified atom stereocenters. The van der Waals surface area contributed by atoms with E-state index in [-0.39, 0.29) is 0 Å². The number of unbranched alkanes of at least 4 members (excludes halogenated alkanes) is 3. The molecule has 2 N–H and O–H groups in total. The zero-order valence-corrected chi connectivity index (χ0v) is 16.9. The monoisotopic (exact) mass is 388 g/mol. The number of hydrogen-bond acceptors (Lipinski definition) is 5. The van der Waals surface area contributed by atoms with E-state index in [1.54, 1.807) is 38.1 Å². The van der Waals surface area contributed by atoms with Crippen LogP contribution in [0.2, 0.25) is 0 Å². The maximum atomic E-state index is 12.3. The number of hydrazine groups is 1. The van der Waals surface area contributed by atoms with E-state index in [0.717, 1.165) is 12.8 Å². The highest BCUT2D eigenvalue weighted by molar-refractivity contribution is 5.99. The van der Waals surface area contributed by atoms with Gasteiger partial charge < -0.3 is 13.9 Å². The first kappa shape index (κ1) is 21.3. The van der Waals surface area contributed by atoms with Gasteiger partial charge in [-0.1, -0.05) is 26.2 Å². The first-order chi connectivity index (χ1) is 13.5. The molecular formula is C21H28N2O5. The Morgan fingerprint density at radius 1 is 1.00 bits per heavy atom. The average molecular weight is 388 g/mol. The average Bonchev–Trinajstić information content (AvgIpc) is 3.03. The van der Waals surface area contributed by atoms with E-state index in [1.807, 2.05) is 0 Å². The lowest BCUT2D eigenvalue weighted by Gasteiger charge is -2.12. The number of carbonyl (C=O) groups is 2. The molecule has 1 aromatic heterocycles. The lowest BCUT2D eigenvalue weighted by Crippen LogP contribution is -2.41. The van der Waals surface area contributed by atoms with Crippen molar-refractivity contribution in [2.24, 2.45) is 0 Å². The molecule has 2 rings (SSSR count). The van der Waals surface area contributed by atoms with Gasteiger partial charge in [0.2, 0.25) is 0 Å². The second-order valence-corrected chi connectivity index (χ2v) is 6.51. The number of carbonyl (C=O) groups excluding carboxylic acids is 2. The number of benzene rings is 1. The molecule has 0 aliphatic carbocycles. The van der Waals surface area contributed by atoms with Gasteiger partial charge in [-0.25, -0.2) is 0 Å². The van der Waals surface area contributed by atoms with Crippen molar-refractivity contribution in [1.29, 1.82) is 0 Å². The number of hydrogen-bond donors (Lipinski definition) is 2. The van der Waals surface area contributed by atoms with Crippen LogP contribution in [0.25, 0.3) is 0 Å². The van der Waals surface area contributed by atoms with Gasteiger partial charge in [-0.05, 0) is 44.5 Å². The Morgan fingerprint density at radius 3 is 2.39 bits per heavy atom. The van der Waals surface area contributed by atoms with Crippen LogP contribution in [-0.4, -0.2) is 25.5 Å². The molecule has 1 heterocycles. The molecule has 2 aromatic rings. The molecule has 0 aliphatic heterocycles. The topological polar surface area (TPSA) is 89.8 Å². The van der Waals surface area contributed by atoms with E-state index < -0.39 is 11.8 Å². The number of furan rings is 1. The summed E-state index contributed by atoms with van der Waals surface area (Å²) in [6.07, 6.45) is 4.44. The third-order valence-electron chi connectivity index (χ3n) is 4.26. The van der Waals surface area contributed by atoms with E-state index in [0.29, 0.717) is 40.8 Å². The van der Waals surface area contributed by atoms with Crippen LogP contribution in [0.15, 0.2) is 28.7 Å². The first-order valence-corrected chi connectivity index (χ1v) is 9.44. The maximum absolute atomic E-state index is 12.3. The standard InChI is InChI=1S/C21H28N2O5/c1-5-6-7-8-11-27-18-10-9-16(13-19(18)26-4)20(24)22-23-21(25)17-12-14(2)28-15(17)3/h9-10,12-13H,5-8,11H2,1-4H3,(H,22,24)(H,23,25). The molecular weight excluding hydrogens is 360 g/mol. The number of ether oxygens (including phenoxy) is 2. The predicted octanol–water partition coefficient (Wildman–Crippen LogP) is 3.94. The zero-order chi connectivity index (χ0) is 20.5. The van der Waals surface area contributed by atoms with Gasteiger partial charge in [0.05, 0.1) is 19.3 Å². The number of amides is 2. The molecule has 0 radical (unpaired) electrons. The Balaban J connectivity index is 1.93. The van der Waals surface area contributed by atoms with E-state index >= 15 is 0 Å². The van der Waals surface area contributed by atoms with Crippen molar-refractivity contribution < 1.29 is 23.5 Å². The summed E-state index contributed by atoms with van der Waals surface area (Å²) in [5.74, 6) is 1.27. The van der Waals surface area contributed by atoms with E-state index in [1.165, 1.54) is 20.0 Å². The van der Waals surface area contributed by atoms with Gasteiger partial charge in [0, 0.05) is 5.56 Å². The molecule has 1 aromatic carbocycles. The lowest BCUT2D eigenvalue weighted by molar-refractivity contribution is 0.0845. The van der Waals surface area contributed by atoms with E-state index in [2.05, 4.69) is 17.8 Å². The van der Waals surface area contributed by atoms with E-state index in [9.17, 15) is 9.59 Å². The van der Waals surface area contributed by atoms with Crippen molar-refractivity contribution in [2.75, 3.05) is 13.7 Å². The van der Waals surface area contributed by atoms with Crippen LogP contribution in [0.4, 0.5) is 0 Å². The molecule has 2 amide bonds. The molecule has 0 saturated heterocycles. The second-order valence-electron chi connectivity index (χ2n) is 6.51. The lowest BCUT2D eigenvalue weighted by atomic mass is 10.2. The van der Waals surface area contributed by atoms with Crippen LogP contribution in [0, 0.1) is 13.8 Å². The summed E-state index contributed by atoms with van der Waals surface area (Å²) >= 11 is 0. The summed E-state index contributed by atoms with van der Waals surface area (Å²) in [5.41, 5.74) is 5.50. The van der Waals surface area contributed by atoms with Crippen LogP contribution < -0.4 is 20.3 Å². The van der Waals surface area contributed by atoms with Gasteiger partial charge in [-0.15, -0.1) is 0 Å². The minimum Gasteiger partial charge on any atom is -0.493 e. The number of nitrogens with one attached hydrogen (secondary N) is 2. The summed E-state index contributed by atoms with van der Waals surface area (Å²) in [4.78, 5) is 24.5. The number of aryl methyl sites for hydroxylation is 2. The minimum atomic E-state index is -0.459. The minimum absolute atomic E-state index is 0.343. The van der Waals surface area contributed by atoms with Gasteiger partial charge >= 0.3 is 0 Å². The highest BCUT2D eigenvalue weighted by atomic mass is 16.5. The summed E-state index contributed by atoms with van der Waals surface area (Å²) in [7, 11) is 1.52. The van der Waals surface area contributed by atoms with Crippen LogP contribution in [0.5, 0.6) is 11.5 Å². The van der Waals surface area contributed by atoms with Crippen LogP contribution >= 0.6 is 0 Å². The SMILES string of the molecule is CCCCCCOc1ccc(C(=O)NNC(=O)c2cc(C)oc2C)cc1OC. The Kier molecular flexibility index (Phi) is 7.92. The van der Waals surface area contributed by atoms with Crippen LogP contribution in [-0.2, 0) is 0 Å². The largest absolute Gasteiger partial charge is 0.493 e. The molecule has 28 heavy (non-hydrogen) atoms. The number of rotatable bonds is 9. The zero-order valence-electron chi connectivity index (χ0n) is 16.9. The van der Waals surface area contributed by atoms with E-state index in [4.69, 9.17) is 13.9 Å². The Hall–Kier alpha value is -2.96. The Bertz CT molecular complexity index is 813. The van der Waals surface area contributed by atoms with Gasteiger partial charge in [0.25, 0.3) is 11.8 Å². The van der Waals surface area contributed by atoms with Crippen molar-refractivity contribution in [2.45, 2.75) is 46.5 Å². The maximum Gasteiger partial charge on any atom is 0.273 e. The fourth-order valence-corrected chi connectivity index (χ4v) is 2.75. The predicted molar refractivity (Wildman–Crippen MR) is 106 cm³/mol. The Labute approximate surface area is 165 Å². The van der Waals surface area contributed by atoms with Crippen molar-refractivity contribution in [3.8, 4) is 11.5 Å². The molecule has 0 atom stereocenters. The fraction of sp³-hybridized carbons (Fsp3) is 0.429.